The molecule has 0 aliphatic heterocycles. The second-order valence-corrected chi connectivity index (χ2v) is 5.47. The van der Waals surface area contributed by atoms with Crippen LogP contribution in [0.3, 0.4) is 0 Å². The topological polar surface area (TPSA) is 36.7 Å². The highest BCUT2D eigenvalue weighted by Gasteiger charge is 2.36. The number of nitriles is 1. The fourth-order valence-electron chi connectivity index (χ4n) is 1.97. The van der Waals surface area contributed by atoms with Crippen LogP contribution in [0.25, 0.3) is 11.3 Å². The summed E-state index contributed by atoms with van der Waals surface area (Å²) < 4.78 is 0. The van der Waals surface area contributed by atoms with Gasteiger partial charge in [0.15, 0.2) is 0 Å². The van der Waals surface area contributed by atoms with Crippen LogP contribution in [0.2, 0.25) is 0 Å². The molecule has 2 nitrogen and oxygen atoms in total. The maximum Gasteiger partial charge on any atom is 0.0991 e. The molecule has 1 aromatic carbocycles. The smallest absolute Gasteiger partial charge is 0.0991 e. The van der Waals surface area contributed by atoms with Crippen LogP contribution in [-0.2, 0) is 0 Å². The van der Waals surface area contributed by atoms with Crippen LogP contribution in [0.15, 0.2) is 29.6 Å². The van der Waals surface area contributed by atoms with Crippen molar-refractivity contribution < 1.29 is 0 Å². The van der Waals surface area contributed by atoms with E-state index in [0.29, 0.717) is 11.5 Å². The van der Waals surface area contributed by atoms with Gasteiger partial charge in [0, 0.05) is 16.9 Å². The summed E-state index contributed by atoms with van der Waals surface area (Å²) in [5.74, 6) is 1.49. The molecule has 2 aromatic rings. The maximum absolute atomic E-state index is 8.75. The highest BCUT2D eigenvalue weighted by molar-refractivity contribution is 7.10. The fraction of sp³-hybridized carbons (Fsp3) is 0.286. The van der Waals surface area contributed by atoms with E-state index >= 15 is 0 Å². The zero-order valence-corrected chi connectivity index (χ0v) is 10.4. The quantitative estimate of drug-likeness (QED) is 0.800. The summed E-state index contributed by atoms with van der Waals surface area (Å²) >= 11 is 1.75. The summed E-state index contributed by atoms with van der Waals surface area (Å²) in [5.41, 5.74) is 2.83. The average Bonchev–Trinajstić information content (AvgIpc) is 2.92. The van der Waals surface area contributed by atoms with Crippen molar-refractivity contribution in [2.45, 2.75) is 19.3 Å². The van der Waals surface area contributed by atoms with Gasteiger partial charge in [-0.05, 0) is 24.5 Å². The second-order valence-electron chi connectivity index (χ2n) is 4.58. The lowest BCUT2D eigenvalue weighted by Gasteiger charge is -1.96. The molecule has 3 rings (SSSR count). The van der Waals surface area contributed by atoms with Gasteiger partial charge in [-0.15, -0.1) is 11.3 Å². The highest BCUT2D eigenvalue weighted by Crippen LogP contribution is 2.48. The van der Waals surface area contributed by atoms with Gasteiger partial charge in [-0.2, -0.15) is 5.26 Å². The van der Waals surface area contributed by atoms with E-state index in [1.807, 2.05) is 24.3 Å². The Labute approximate surface area is 105 Å². The lowest BCUT2D eigenvalue weighted by molar-refractivity contribution is 0.906. The summed E-state index contributed by atoms with van der Waals surface area (Å²) in [7, 11) is 0. The van der Waals surface area contributed by atoms with Crippen molar-refractivity contribution >= 4 is 11.3 Å². The van der Waals surface area contributed by atoms with Crippen molar-refractivity contribution in [3.05, 3.63) is 40.2 Å². The minimum atomic E-state index is 0.687. The van der Waals surface area contributed by atoms with Crippen molar-refractivity contribution in [2.24, 2.45) is 5.92 Å². The highest BCUT2D eigenvalue weighted by atomic mass is 32.1. The van der Waals surface area contributed by atoms with E-state index in [4.69, 9.17) is 5.26 Å². The molecule has 1 heterocycles. The molecule has 1 fully saturated rings. The summed E-state index contributed by atoms with van der Waals surface area (Å²) in [4.78, 5) is 4.68. The third-order valence-electron chi connectivity index (χ3n) is 3.26. The first-order chi connectivity index (χ1) is 8.28. The van der Waals surface area contributed by atoms with Crippen molar-refractivity contribution in [2.75, 3.05) is 0 Å². The summed E-state index contributed by atoms with van der Waals surface area (Å²) in [6.07, 6.45) is 1.28. The number of hydrogen-bond donors (Lipinski definition) is 0. The van der Waals surface area contributed by atoms with Crippen LogP contribution >= 0.6 is 11.3 Å². The zero-order chi connectivity index (χ0) is 11.8. The molecule has 2 unspecified atom stereocenters. The average molecular weight is 240 g/mol. The molecule has 1 aliphatic rings. The van der Waals surface area contributed by atoms with E-state index in [2.05, 4.69) is 23.4 Å². The van der Waals surface area contributed by atoms with Crippen LogP contribution in [0.4, 0.5) is 0 Å². The Morgan fingerprint density at radius 1 is 1.35 bits per heavy atom. The van der Waals surface area contributed by atoms with Gasteiger partial charge in [-0.25, -0.2) is 4.98 Å². The molecular formula is C14H12N2S. The molecule has 3 heteroatoms. The van der Waals surface area contributed by atoms with E-state index in [0.717, 1.165) is 17.2 Å². The normalized spacial score (nSPS) is 22.1. The first kappa shape index (κ1) is 10.5. The molecule has 0 N–H and O–H groups in total. The van der Waals surface area contributed by atoms with Gasteiger partial charge in [0.1, 0.15) is 0 Å². The van der Waals surface area contributed by atoms with Crippen LogP contribution in [-0.4, -0.2) is 4.98 Å². The third-order valence-corrected chi connectivity index (χ3v) is 4.24. The monoisotopic (exact) mass is 240 g/mol. The van der Waals surface area contributed by atoms with Gasteiger partial charge in [-0.3, -0.25) is 0 Å². The SMILES string of the molecule is CC1CC1c1nc(-c2ccc(C#N)cc2)cs1. The Morgan fingerprint density at radius 3 is 2.65 bits per heavy atom. The standard InChI is InChI=1S/C14H12N2S/c1-9-6-12(9)14-16-13(8-17-14)11-4-2-10(7-15)3-5-11/h2-5,8-9,12H,6H2,1H3. The van der Waals surface area contributed by atoms with Gasteiger partial charge in [0.25, 0.3) is 0 Å². The summed E-state index contributed by atoms with van der Waals surface area (Å²) in [6.45, 7) is 2.27. The minimum Gasteiger partial charge on any atom is -0.241 e. The molecule has 1 aromatic heterocycles. The minimum absolute atomic E-state index is 0.687. The molecule has 0 radical (unpaired) electrons. The Kier molecular flexibility index (Phi) is 2.45. The molecule has 1 aliphatic carbocycles. The van der Waals surface area contributed by atoms with Crippen molar-refractivity contribution in [1.29, 1.82) is 5.26 Å². The first-order valence-electron chi connectivity index (χ1n) is 5.74. The number of benzene rings is 1. The lowest BCUT2D eigenvalue weighted by atomic mass is 10.1. The van der Waals surface area contributed by atoms with Crippen LogP contribution in [0.1, 0.15) is 29.8 Å². The number of thiazole rings is 1. The molecule has 84 valence electrons. The summed E-state index contributed by atoms with van der Waals surface area (Å²) in [5, 5.41) is 12.1. The first-order valence-corrected chi connectivity index (χ1v) is 6.62. The van der Waals surface area contributed by atoms with Crippen molar-refractivity contribution in [1.82, 2.24) is 4.98 Å². The molecule has 0 saturated heterocycles. The third kappa shape index (κ3) is 1.96. The van der Waals surface area contributed by atoms with E-state index in [1.165, 1.54) is 11.4 Å². The fourth-order valence-corrected chi connectivity index (χ4v) is 3.05. The van der Waals surface area contributed by atoms with E-state index < -0.39 is 0 Å². The summed E-state index contributed by atoms with van der Waals surface area (Å²) in [6, 6.07) is 9.74. The number of aromatic nitrogens is 1. The van der Waals surface area contributed by atoms with Crippen LogP contribution in [0, 0.1) is 17.2 Å². The Hall–Kier alpha value is -1.66. The van der Waals surface area contributed by atoms with E-state index in [-0.39, 0.29) is 0 Å². The molecule has 2 atom stereocenters. The Bertz CT molecular complexity index is 577. The predicted octanol–water partition coefficient (Wildman–Crippen LogP) is 3.81. The van der Waals surface area contributed by atoms with Crippen molar-refractivity contribution in [3.63, 3.8) is 0 Å². The van der Waals surface area contributed by atoms with E-state index in [1.54, 1.807) is 11.3 Å². The van der Waals surface area contributed by atoms with Gasteiger partial charge < -0.3 is 0 Å². The zero-order valence-electron chi connectivity index (χ0n) is 9.55. The molecule has 17 heavy (non-hydrogen) atoms. The predicted molar refractivity (Wildman–Crippen MR) is 68.8 cm³/mol. The lowest BCUT2D eigenvalue weighted by Crippen LogP contribution is -1.82. The van der Waals surface area contributed by atoms with Gasteiger partial charge in [0.2, 0.25) is 0 Å². The molecular weight excluding hydrogens is 228 g/mol. The number of rotatable bonds is 2. The Balaban J connectivity index is 1.88. The molecule has 0 bridgehead atoms. The second kappa shape index (κ2) is 3.97. The van der Waals surface area contributed by atoms with Crippen molar-refractivity contribution in [3.8, 4) is 17.3 Å². The molecule has 0 amide bonds. The largest absolute Gasteiger partial charge is 0.241 e. The number of hydrogen-bond acceptors (Lipinski definition) is 3. The van der Waals surface area contributed by atoms with E-state index in [9.17, 15) is 0 Å². The maximum atomic E-state index is 8.75. The van der Waals surface area contributed by atoms with Crippen LogP contribution < -0.4 is 0 Å². The van der Waals surface area contributed by atoms with Crippen LogP contribution in [0.5, 0.6) is 0 Å². The molecule has 1 saturated carbocycles. The van der Waals surface area contributed by atoms with Gasteiger partial charge in [0.05, 0.1) is 22.3 Å². The number of nitrogens with zero attached hydrogens (tertiary/aromatic N) is 2. The van der Waals surface area contributed by atoms with Gasteiger partial charge >= 0.3 is 0 Å². The Morgan fingerprint density at radius 2 is 2.06 bits per heavy atom. The molecule has 0 spiro atoms. The van der Waals surface area contributed by atoms with Gasteiger partial charge in [-0.1, -0.05) is 19.1 Å².